The SMILES string of the molecule is CCc1nc2c(c(=O)n1CC1CC1)CCN(C(=O)c1ccccc1)CC2. The van der Waals surface area contributed by atoms with Gasteiger partial charge in [0.15, 0.2) is 0 Å². The summed E-state index contributed by atoms with van der Waals surface area (Å²) in [5.74, 6) is 1.57. The Labute approximate surface area is 153 Å². The molecule has 1 aliphatic carbocycles. The van der Waals surface area contributed by atoms with Crippen LogP contribution in [0.5, 0.6) is 0 Å². The van der Waals surface area contributed by atoms with Crippen LogP contribution in [0.4, 0.5) is 0 Å². The van der Waals surface area contributed by atoms with Crippen molar-refractivity contribution in [1.82, 2.24) is 14.5 Å². The Morgan fingerprint density at radius 2 is 1.88 bits per heavy atom. The molecule has 0 N–H and O–H groups in total. The number of rotatable bonds is 4. The van der Waals surface area contributed by atoms with E-state index in [2.05, 4.69) is 6.92 Å². The molecule has 1 aromatic carbocycles. The number of fused-ring (bicyclic) bond motifs is 1. The van der Waals surface area contributed by atoms with Gasteiger partial charge in [0.05, 0.1) is 5.69 Å². The van der Waals surface area contributed by atoms with Crippen LogP contribution in [0.1, 0.15) is 47.2 Å². The van der Waals surface area contributed by atoms with Crippen LogP contribution < -0.4 is 5.56 Å². The minimum Gasteiger partial charge on any atom is -0.338 e. The van der Waals surface area contributed by atoms with E-state index in [1.165, 1.54) is 12.8 Å². The molecule has 1 fully saturated rings. The van der Waals surface area contributed by atoms with Crippen LogP contribution >= 0.6 is 0 Å². The van der Waals surface area contributed by atoms with E-state index in [4.69, 9.17) is 4.98 Å². The fourth-order valence-electron chi connectivity index (χ4n) is 3.73. The van der Waals surface area contributed by atoms with Gasteiger partial charge >= 0.3 is 0 Å². The van der Waals surface area contributed by atoms with Crippen LogP contribution in [0.15, 0.2) is 35.1 Å². The summed E-state index contributed by atoms with van der Waals surface area (Å²) in [4.78, 5) is 32.5. The van der Waals surface area contributed by atoms with Gasteiger partial charge in [0.25, 0.3) is 11.5 Å². The Balaban J connectivity index is 1.60. The molecule has 1 aromatic heterocycles. The number of aromatic nitrogens is 2. The molecular weight excluding hydrogens is 326 g/mol. The fourth-order valence-corrected chi connectivity index (χ4v) is 3.73. The minimum absolute atomic E-state index is 0.0347. The van der Waals surface area contributed by atoms with E-state index in [0.29, 0.717) is 37.4 Å². The zero-order valence-corrected chi connectivity index (χ0v) is 15.3. The minimum atomic E-state index is 0.0347. The third-order valence-electron chi connectivity index (χ3n) is 5.44. The summed E-state index contributed by atoms with van der Waals surface area (Å²) in [5.41, 5.74) is 2.52. The molecule has 5 nitrogen and oxygen atoms in total. The van der Waals surface area contributed by atoms with E-state index in [1.807, 2.05) is 39.8 Å². The third-order valence-corrected chi connectivity index (χ3v) is 5.44. The van der Waals surface area contributed by atoms with E-state index in [-0.39, 0.29) is 11.5 Å². The van der Waals surface area contributed by atoms with E-state index in [0.717, 1.165) is 30.0 Å². The van der Waals surface area contributed by atoms with Gasteiger partial charge < -0.3 is 4.90 Å². The lowest BCUT2D eigenvalue weighted by Crippen LogP contribution is -2.33. The molecule has 1 saturated carbocycles. The number of amides is 1. The van der Waals surface area contributed by atoms with Gasteiger partial charge in [0.2, 0.25) is 0 Å². The highest BCUT2D eigenvalue weighted by Crippen LogP contribution is 2.30. The summed E-state index contributed by atoms with van der Waals surface area (Å²) in [7, 11) is 0. The van der Waals surface area contributed by atoms with E-state index in [9.17, 15) is 9.59 Å². The predicted molar refractivity (Wildman–Crippen MR) is 100 cm³/mol. The summed E-state index contributed by atoms with van der Waals surface area (Å²) in [6.07, 6.45) is 4.44. The Morgan fingerprint density at radius 1 is 1.15 bits per heavy atom. The zero-order valence-electron chi connectivity index (χ0n) is 15.3. The predicted octanol–water partition coefficient (Wildman–Crippen LogP) is 2.46. The van der Waals surface area contributed by atoms with Crippen LogP contribution in [-0.2, 0) is 25.8 Å². The van der Waals surface area contributed by atoms with Crippen LogP contribution in [0.25, 0.3) is 0 Å². The van der Waals surface area contributed by atoms with Crippen molar-refractivity contribution in [3.63, 3.8) is 0 Å². The van der Waals surface area contributed by atoms with Crippen molar-refractivity contribution in [1.29, 1.82) is 0 Å². The topological polar surface area (TPSA) is 55.2 Å². The van der Waals surface area contributed by atoms with Crippen LogP contribution in [-0.4, -0.2) is 33.4 Å². The molecule has 0 unspecified atom stereocenters. The second-order valence-electron chi connectivity index (χ2n) is 7.32. The van der Waals surface area contributed by atoms with Gasteiger partial charge in [0.1, 0.15) is 5.82 Å². The summed E-state index contributed by atoms with van der Waals surface area (Å²) in [6.45, 7) is 4.05. The molecule has 0 spiro atoms. The lowest BCUT2D eigenvalue weighted by atomic mass is 10.1. The highest BCUT2D eigenvalue weighted by atomic mass is 16.2. The van der Waals surface area contributed by atoms with Crippen LogP contribution in [0, 0.1) is 5.92 Å². The Hall–Kier alpha value is -2.43. The first-order valence-corrected chi connectivity index (χ1v) is 9.63. The Bertz CT molecular complexity index is 869. The summed E-state index contributed by atoms with van der Waals surface area (Å²) < 4.78 is 1.89. The van der Waals surface area contributed by atoms with Gasteiger partial charge in [-0.2, -0.15) is 0 Å². The molecule has 2 aromatic rings. The molecule has 4 rings (SSSR count). The van der Waals surface area contributed by atoms with Gasteiger partial charge in [0, 0.05) is 43.6 Å². The van der Waals surface area contributed by atoms with Crippen molar-refractivity contribution >= 4 is 5.91 Å². The number of carbonyl (C=O) groups is 1. The van der Waals surface area contributed by atoms with E-state index in [1.54, 1.807) is 0 Å². The van der Waals surface area contributed by atoms with Crippen molar-refractivity contribution in [2.24, 2.45) is 5.92 Å². The summed E-state index contributed by atoms with van der Waals surface area (Å²) in [6, 6.07) is 9.36. The number of aryl methyl sites for hydroxylation is 1. The normalized spacial score (nSPS) is 16.9. The first-order valence-electron chi connectivity index (χ1n) is 9.63. The number of carbonyl (C=O) groups excluding carboxylic acids is 1. The number of hydrogen-bond donors (Lipinski definition) is 0. The van der Waals surface area contributed by atoms with Crippen LogP contribution in [0.3, 0.4) is 0 Å². The molecule has 26 heavy (non-hydrogen) atoms. The number of hydrogen-bond acceptors (Lipinski definition) is 3. The van der Waals surface area contributed by atoms with Crippen molar-refractivity contribution in [3.8, 4) is 0 Å². The molecule has 2 aliphatic rings. The molecule has 2 heterocycles. The maximum absolute atomic E-state index is 13.1. The zero-order chi connectivity index (χ0) is 18.1. The molecule has 136 valence electrons. The molecular formula is C21H25N3O2. The molecule has 0 bridgehead atoms. The highest BCUT2D eigenvalue weighted by Gasteiger charge is 2.27. The van der Waals surface area contributed by atoms with Gasteiger partial charge in [-0.1, -0.05) is 25.1 Å². The second kappa shape index (κ2) is 7.06. The lowest BCUT2D eigenvalue weighted by molar-refractivity contribution is 0.0763. The second-order valence-corrected chi connectivity index (χ2v) is 7.32. The van der Waals surface area contributed by atoms with Crippen molar-refractivity contribution < 1.29 is 4.79 Å². The smallest absolute Gasteiger partial charge is 0.257 e. The van der Waals surface area contributed by atoms with Gasteiger partial charge in [-0.05, 0) is 37.3 Å². The van der Waals surface area contributed by atoms with Crippen molar-refractivity contribution in [2.75, 3.05) is 13.1 Å². The Morgan fingerprint density at radius 3 is 2.58 bits per heavy atom. The van der Waals surface area contributed by atoms with E-state index < -0.39 is 0 Å². The molecule has 0 saturated heterocycles. The van der Waals surface area contributed by atoms with Crippen LogP contribution in [0.2, 0.25) is 0 Å². The fraction of sp³-hybridized carbons (Fsp3) is 0.476. The monoisotopic (exact) mass is 351 g/mol. The van der Waals surface area contributed by atoms with E-state index >= 15 is 0 Å². The standard InChI is InChI=1S/C21H25N3O2/c1-2-19-22-18-11-13-23(20(25)16-6-4-3-5-7-16)12-10-17(18)21(26)24(19)14-15-8-9-15/h3-7,15H,2,8-14H2,1H3. The lowest BCUT2D eigenvalue weighted by Gasteiger charge is -2.20. The maximum atomic E-state index is 13.1. The van der Waals surface area contributed by atoms with Gasteiger partial charge in [-0.15, -0.1) is 0 Å². The number of nitrogens with zero attached hydrogens (tertiary/aromatic N) is 3. The van der Waals surface area contributed by atoms with Gasteiger partial charge in [-0.3, -0.25) is 14.2 Å². The highest BCUT2D eigenvalue weighted by molar-refractivity contribution is 5.94. The molecule has 5 heteroatoms. The summed E-state index contributed by atoms with van der Waals surface area (Å²) in [5, 5.41) is 0. The molecule has 0 radical (unpaired) electrons. The average molecular weight is 351 g/mol. The first kappa shape index (κ1) is 17.0. The maximum Gasteiger partial charge on any atom is 0.257 e. The largest absolute Gasteiger partial charge is 0.338 e. The molecule has 1 aliphatic heterocycles. The van der Waals surface area contributed by atoms with Gasteiger partial charge in [-0.25, -0.2) is 4.98 Å². The molecule has 1 amide bonds. The van der Waals surface area contributed by atoms with Crippen molar-refractivity contribution in [2.45, 2.75) is 45.6 Å². The summed E-state index contributed by atoms with van der Waals surface area (Å²) >= 11 is 0. The quantitative estimate of drug-likeness (QED) is 0.850. The Kier molecular flexibility index (Phi) is 4.62. The molecule has 0 atom stereocenters. The number of benzene rings is 1. The third kappa shape index (κ3) is 3.30. The first-order chi connectivity index (χ1) is 12.7. The average Bonchev–Trinajstić information content (AvgIpc) is 3.50. The van der Waals surface area contributed by atoms with Crippen molar-refractivity contribution in [3.05, 3.63) is 63.3 Å².